The molecule has 0 aliphatic carbocycles. The molecule has 1 aliphatic rings. The second kappa shape index (κ2) is 10.1. The van der Waals surface area contributed by atoms with Crippen molar-refractivity contribution in [3.63, 3.8) is 0 Å². The average molecular weight is 462 g/mol. The fraction of sp³-hybridized carbons (Fsp3) is 0.409. The lowest BCUT2D eigenvalue weighted by Gasteiger charge is -2.24. The second-order valence-corrected chi connectivity index (χ2v) is 9.35. The molecule has 10 heteroatoms. The van der Waals surface area contributed by atoms with E-state index in [1.165, 1.54) is 16.4 Å². The molecule has 2 aromatic carbocycles. The van der Waals surface area contributed by atoms with E-state index in [1.807, 2.05) is 0 Å². The number of nitro groups is 1. The molecule has 1 atom stereocenters. The van der Waals surface area contributed by atoms with E-state index in [2.05, 4.69) is 0 Å². The Hall–Kier alpha value is -2.98. The van der Waals surface area contributed by atoms with Crippen LogP contribution in [0.2, 0.25) is 0 Å². The zero-order valence-electron chi connectivity index (χ0n) is 18.1. The Morgan fingerprint density at radius 1 is 1.12 bits per heavy atom. The first-order chi connectivity index (χ1) is 15.3. The first-order valence-corrected chi connectivity index (χ1v) is 12.0. The zero-order chi connectivity index (χ0) is 23.3. The minimum atomic E-state index is -3.89. The third kappa shape index (κ3) is 4.91. The first kappa shape index (κ1) is 23.7. The number of benzene rings is 2. The van der Waals surface area contributed by atoms with Gasteiger partial charge in [0.15, 0.2) is 5.75 Å². The minimum Gasteiger partial charge on any atom is -0.469 e. The molecule has 0 saturated carbocycles. The summed E-state index contributed by atoms with van der Waals surface area (Å²) in [6.45, 7) is 5.09. The number of sulfonamides is 1. The summed E-state index contributed by atoms with van der Waals surface area (Å²) < 4.78 is 32.7. The van der Waals surface area contributed by atoms with Crippen molar-refractivity contribution in [3.8, 4) is 5.75 Å². The third-order valence-electron chi connectivity index (χ3n) is 5.46. The van der Waals surface area contributed by atoms with E-state index in [-0.39, 0.29) is 29.6 Å². The van der Waals surface area contributed by atoms with E-state index in [4.69, 9.17) is 4.74 Å². The van der Waals surface area contributed by atoms with Crippen LogP contribution in [0.25, 0.3) is 0 Å². The van der Waals surface area contributed by atoms with Crippen LogP contribution in [0.5, 0.6) is 5.75 Å². The topological polar surface area (TPSA) is 110 Å². The molecule has 1 amide bonds. The van der Waals surface area contributed by atoms with Gasteiger partial charge in [-0.3, -0.25) is 14.9 Å². The van der Waals surface area contributed by atoms with Gasteiger partial charge in [-0.1, -0.05) is 44.2 Å². The fourth-order valence-electron chi connectivity index (χ4n) is 3.73. The molecule has 3 rings (SSSR count). The largest absolute Gasteiger partial charge is 0.469 e. The zero-order valence-corrected chi connectivity index (χ0v) is 19.0. The van der Waals surface area contributed by atoms with Gasteiger partial charge < -0.3 is 9.64 Å². The molecule has 0 N–H and O–H groups in total. The van der Waals surface area contributed by atoms with Crippen molar-refractivity contribution in [2.75, 3.05) is 26.2 Å². The summed E-state index contributed by atoms with van der Waals surface area (Å²) in [5.74, 6) is -0.433. The number of carbonyl (C=O) groups excluding carboxylic acids is 1. The molecular formula is C22H27N3O6S. The molecule has 1 fully saturated rings. The summed E-state index contributed by atoms with van der Waals surface area (Å²) >= 11 is 0. The van der Waals surface area contributed by atoms with Crippen molar-refractivity contribution in [2.24, 2.45) is 0 Å². The van der Waals surface area contributed by atoms with E-state index in [0.29, 0.717) is 18.7 Å². The highest BCUT2D eigenvalue weighted by molar-refractivity contribution is 7.89. The highest BCUT2D eigenvalue weighted by Crippen LogP contribution is 2.35. The van der Waals surface area contributed by atoms with Gasteiger partial charge in [-0.2, -0.15) is 4.31 Å². The number of hydrogen-bond donors (Lipinski definition) is 0. The van der Waals surface area contributed by atoms with Crippen LogP contribution in [0.1, 0.15) is 38.4 Å². The third-order valence-corrected chi connectivity index (χ3v) is 7.51. The minimum absolute atomic E-state index is 0.158. The molecule has 0 bridgehead atoms. The van der Waals surface area contributed by atoms with Crippen molar-refractivity contribution in [1.82, 2.24) is 9.21 Å². The van der Waals surface area contributed by atoms with Gasteiger partial charge >= 0.3 is 5.69 Å². The Labute approximate surface area is 187 Å². The molecule has 1 saturated heterocycles. The smallest absolute Gasteiger partial charge is 0.312 e. The van der Waals surface area contributed by atoms with Crippen LogP contribution < -0.4 is 4.74 Å². The lowest BCUT2D eigenvalue weighted by Crippen LogP contribution is -2.35. The number of rotatable bonds is 9. The lowest BCUT2D eigenvalue weighted by molar-refractivity contribution is -0.386. The molecule has 0 aromatic heterocycles. The average Bonchev–Trinajstić information content (AvgIpc) is 3.33. The maximum absolute atomic E-state index is 13.2. The van der Waals surface area contributed by atoms with Gasteiger partial charge in [0.25, 0.3) is 5.91 Å². The van der Waals surface area contributed by atoms with Crippen molar-refractivity contribution in [3.05, 3.63) is 64.2 Å². The van der Waals surface area contributed by atoms with Crippen LogP contribution in [-0.2, 0) is 14.8 Å². The number of carbonyl (C=O) groups is 1. The maximum Gasteiger partial charge on any atom is 0.312 e. The SMILES string of the molecule is CCN(CC)S(=O)(=O)c1ccc(O[C@@H](C(=O)N2CCCC2)c2ccccc2)c([N+](=O)[O-])c1. The van der Waals surface area contributed by atoms with E-state index >= 15 is 0 Å². The molecule has 0 spiro atoms. The highest BCUT2D eigenvalue weighted by Gasteiger charge is 2.32. The van der Waals surface area contributed by atoms with E-state index in [0.717, 1.165) is 18.9 Å². The van der Waals surface area contributed by atoms with Gasteiger partial charge in [0.05, 0.1) is 9.82 Å². The Bertz CT molecular complexity index is 1060. The normalized spacial score (nSPS) is 15.0. The van der Waals surface area contributed by atoms with Crippen LogP contribution in [0.4, 0.5) is 5.69 Å². The molecule has 172 valence electrons. The molecule has 1 heterocycles. The Balaban J connectivity index is 2.01. The predicted molar refractivity (Wildman–Crippen MR) is 119 cm³/mol. The van der Waals surface area contributed by atoms with Crippen LogP contribution in [0, 0.1) is 10.1 Å². The maximum atomic E-state index is 13.2. The number of likely N-dealkylation sites (tertiary alicyclic amines) is 1. The van der Waals surface area contributed by atoms with Gasteiger partial charge in [-0.05, 0) is 25.0 Å². The van der Waals surface area contributed by atoms with Gasteiger partial charge in [0.1, 0.15) is 0 Å². The van der Waals surface area contributed by atoms with Crippen LogP contribution >= 0.6 is 0 Å². The summed E-state index contributed by atoms with van der Waals surface area (Å²) in [4.78, 5) is 25.7. The summed E-state index contributed by atoms with van der Waals surface area (Å²) in [6.07, 6.45) is 0.717. The Kier molecular flexibility index (Phi) is 7.47. The summed E-state index contributed by atoms with van der Waals surface area (Å²) in [5, 5.41) is 11.8. The second-order valence-electron chi connectivity index (χ2n) is 7.42. The van der Waals surface area contributed by atoms with Gasteiger partial charge in [-0.25, -0.2) is 8.42 Å². The number of amides is 1. The predicted octanol–water partition coefficient (Wildman–Crippen LogP) is 3.37. The molecule has 9 nitrogen and oxygen atoms in total. The van der Waals surface area contributed by atoms with Crippen molar-refractivity contribution < 1.29 is 22.9 Å². The molecule has 2 aromatic rings. The quantitative estimate of drug-likeness (QED) is 0.418. The molecular weight excluding hydrogens is 434 g/mol. The standard InChI is InChI=1S/C22H27N3O6S/c1-3-24(4-2)32(29,30)18-12-13-20(19(16-18)25(27)28)31-21(17-10-6-5-7-11-17)22(26)23-14-8-9-15-23/h5-7,10-13,16,21H,3-4,8-9,14-15H2,1-2H3/t21-/m1/s1. The monoisotopic (exact) mass is 461 g/mol. The molecule has 0 unspecified atom stereocenters. The van der Waals surface area contributed by atoms with E-state index in [1.54, 1.807) is 49.1 Å². The van der Waals surface area contributed by atoms with Crippen molar-refractivity contribution in [1.29, 1.82) is 0 Å². The summed E-state index contributed by atoms with van der Waals surface area (Å²) in [5.41, 5.74) is 0.0620. The molecule has 1 aliphatic heterocycles. The van der Waals surface area contributed by atoms with E-state index < -0.39 is 26.7 Å². The first-order valence-electron chi connectivity index (χ1n) is 10.6. The van der Waals surface area contributed by atoms with Crippen LogP contribution in [-0.4, -0.2) is 54.6 Å². The Morgan fingerprint density at radius 3 is 2.31 bits per heavy atom. The van der Waals surface area contributed by atoms with Gasteiger partial charge in [-0.15, -0.1) is 0 Å². The van der Waals surface area contributed by atoms with Crippen molar-refractivity contribution in [2.45, 2.75) is 37.7 Å². The summed E-state index contributed by atoms with van der Waals surface area (Å²) in [7, 11) is -3.89. The van der Waals surface area contributed by atoms with Gasteiger partial charge in [0.2, 0.25) is 16.1 Å². The Morgan fingerprint density at radius 2 is 1.75 bits per heavy atom. The number of nitro benzene ring substituents is 1. The van der Waals surface area contributed by atoms with Crippen molar-refractivity contribution >= 4 is 21.6 Å². The lowest BCUT2D eigenvalue weighted by atomic mass is 10.1. The summed E-state index contributed by atoms with van der Waals surface area (Å²) in [6, 6.07) is 12.3. The fourth-order valence-corrected chi connectivity index (χ4v) is 5.21. The number of nitrogens with zero attached hydrogens (tertiary/aromatic N) is 3. The van der Waals surface area contributed by atoms with Crippen LogP contribution in [0.15, 0.2) is 53.4 Å². The molecule has 0 radical (unpaired) electrons. The van der Waals surface area contributed by atoms with E-state index in [9.17, 15) is 23.3 Å². The molecule has 32 heavy (non-hydrogen) atoms. The highest BCUT2D eigenvalue weighted by atomic mass is 32.2. The number of ether oxygens (including phenoxy) is 1. The number of hydrogen-bond acceptors (Lipinski definition) is 6. The van der Waals surface area contributed by atoms with Crippen LogP contribution in [0.3, 0.4) is 0 Å². The van der Waals surface area contributed by atoms with Gasteiger partial charge in [0, 0.05) is 37.8 Å².